The van der Waals surface area contributed by atoms with Crippen molar-refractivity contribution in [1.82, 2.24) is 9.55 Å². The minimum atomic E-state index is -1.21. The Morgan fingerprint density at radius 2 is 2.03 bits per heavy atom. The number of ether oxygens (including phenoxy) is 2. The highest BCUT2D eigenvalue weighted by atomic mass is 28.3. The molecule has 1 aliphatic heterocycles. The lowest BCUT2D eigenvalue weighted by molar-refractivity contribution is -0.138. The molecule has 0 radical (unpaired) electrons. The fourth-order valence-corrected chi connectivity index (χ4v) is 4.68. The molecule has 5 N–H and O–H groups in total. The van der Waals surface area contributed by atoms with Gasteiger partial charge >= 0.3 is 12.1 Å². The van der Waals surface area contributed by atoms with Gasteiger partial charge in [-0.1, -0.05) is 32.5 Å². The molecule has 11 heteroatoms. The number of fused-ring (bicyclic) bond motifs is 4. The average Bonchev–Trinajstić information content (AvgIpc) is 3.21. The fraction of sp³-hybridized carbons (Fsp3) is 0.542. The summed E-state index contributed by atoms with van der Waals surface area (Å²) in [7, 11) is 0.0758. The Morgan fingerprint density at radius 1 is 1.29 bits per heavy atom. The molecule has 192 valence electrons. The van der Waals surface area contributed by atoms with Crippen LogP contribution in [0.15, 0.2) is 24.4 Å². The maximum absolute atomic E-state index is 11.9. The number of nitrogens with one attached hydrogen (secondary N) is 2. The number of imidazole rings is 1. The molecule has 0 saturated heterocycles. The Balaban J connectivity index is 1.98. The summed E-state index contributed by atoms with van der Waals surface area (Å²) < 4.78 is 12.6. The predicted molar refractivity (Wildman–Crippen MR) is 138 cm³/mol. The van der Waals surface area contributed by atoms with Crippen LogP contribution in [0.4, 0.5) is 16.2 Å². The van der Waals surface area contributed by atoms with Gasteiger partial charge < -0.3 is 30.2 Å². The molecule has 2 heterocycles. The third-order valence-electron chi connectivity index (χ3n) is 5.98. The minimum Gasteiger partial charge on any atom is -0.480 e. The first-order valence-electron chi connectivity index (χ1n) is 12.0. The molecule has 0 aliphatic carbocycles. The number of aliphatic carboxylic acids is 1. The summed E-state index contributed by atoms with van der Waals surface area (Å²) in [5.41, 5.74) is 8.91. The zero-order valence-electron chi connectivity index (χ0n) is 21.0. The molecule has 0 fully saturated rings. The number of nitrogens with two attached hydrogens (primary N) is 1. The first-order valence-corrected chi connectivity index (χ1v) is 15.7. The molecular weight excluding hydrogens is 466 g/mol. The number of carbonyl (C=O) groups is 2. The number of hydrogen-bond acceptors (Lipinski definition) is 7. The number of hydrogen-bond donors (Lipinski definition) is 4. The van der Waals surface area contributed by atoms with E-state index in [1.807, 2.05) is 10.8 Å². The van der Waals surface area contributed by atoms with E-state index in [0.717, 1.165) is 18.3 Å². The average molecular weight is 504 g/mol. The number of aromatic nitrogens is 2. The van der Waals surface area contributed by atoms with Crippen molar-refractivity contribution in [3.8, 4) is 11.3 Å². The first-order chi connectivity index (χ1) is 16.6. The molecular formula is C24H37N5O5Si. The number of anilines is 2. The zero-order chi connectivity index (χ0) is 25.6. The van der Waals surface area contributed by atoms with Crippen LogP contribution in [0.5, 0.6) is 0 Å². The number of amides is 1. The van der Waals surface area contributed by atoms with E-state index in [1.54, 1.807) is 18.2 Å². The minimum absolute atomic E-state index is 0.288. The van der Waals surface area contributed by atoms with Gasteiger partial charge in [0.25, 0.3) is 0 Å². The van der Waals surface area contributed by atoms with Crippen molar-refractivity contribution >= 4 is 31.5 Å². The highest BCUT2D eigenvalue weighted by Gasteiger charge is 2.24. The van der Waals surface area contributed by atoms with Gasteiger partial charge in [-0.25, -0.2) is 14.6 Å². The predicted octanol–water partition coefficient (Wildman–Crippen LogP) is 4.48. The molecule has 2 bridgehead atoms. The maximum Gasteiger partial charge on any atom is 0.411 e. The number of benzene rings is 1. The molecule has 10 nitrogen and oxygen atoms in total. The molecule has 3 rings (SSSR count). The van der Waals surface area contributed by atoms with Crippen molar-refractivity contribution in [2.75, 3.05) is 24.4 Å². The lowest BCUT2D eigenvalue weighted by Gasteiger charge is -2.20. The van der Waals surface area contributed by atoms with Gasteiger partial charge in [0.1, 0.15) is 18.6 Å². The summed E-state index contributed by atoms with van der Waals surface area (Å²) in [6, 6.07) is 5.20. The molecule has 1 aromatic heterocycles. The number of nitrogens with zero attached hydrogens (tertiary/aromatic N) is 2. The van der Waals surface area contributed by atoms with Crippen LogP contribution < -0.4 is 16.4 Å². The Morgan fingerprint density at radius 3 is 2.71 bits per heavy atom. The van der Waals surface area contributed by atoms with Crippen molar-refractivity contribution in [3.63, 3.8) is 0 Å². The summed E-state index contributed by atoms with van der Waals surface area (Å²) in [4.78, 5) is 28.5. The van der Waals surface area contributed by atoms with Gasteiger partial charge in [-0.15, -0.1) is 0 Å². The highest BCUT2D eigenvalue weighted by Crippen LogP contribution is 2.33. The van der Waals surface area contributed by atoms with Crippen LogP contribution in [0, 0.1) is 0 Å². The summed E-state index contributed by atoms with van der Waals surface area (Å²) in [6.07, 6.45) is 3.92. The van der Waals surface area contributed by atoms with Gasteiger partial charge in [-0.05, 0) is 37.1 Å². The molecule has 0 unspecified atom stereocenters. The SMILES string of the molecule is COC(=O)Nc1ccc2c(c1)N[C@@H](C(=O)O)CCCC[C@H](N)c1nc-2cn1COCC[Si](C)(C)C. The third kappa shape index (κ3) is 7.54. The lowest BCUT2D eigenvalue weighted by atomic mass is 10.0. The van der Waals surface area contributed by atoms with E-state index in [4.69, 9.17) is 15.5 Å². The quantitative estimate of drug-likeness (QED) is 0.320. The number of rotatable bonds is 7. The van der Waals surface area contributed by atoms with Gasteiger partial charge in [0.2, 0.25) is 0 Å². The summed E-state index contributed by atoms with van der Waals surface area (Å²) in [5.74, 6) is -0.197. The van der Waals surface area contributed by atoms with Crippen LogP contribution >= 0.6 is 0 Å². The zero-order valence-corrected chi connectivity index (χ0v) is 22.0. The Bertz CT molecular complexity index is 1040. The molecule has 2 atom stereocenters. The van der Waals surface area contributed by atoms with Gasteiger partial charge in [-0.3, -0.25) is 5.32 Å². The smallest absolute Gasteiger partial charge is 0.411 e. The van der Waals surface area contributed by atoms with Gasteiger partial charge in [0.05, 0.1) is 18.8 Å². The van der Waals surface area contributed by atoms with Gasteiger partial charge in [-0.2, -0.15) is 0 Å². The van der Waals surface area contributed by atoms with Crippen LogP contribution in [-0.4, -0.2) is 54.6 Å². The summed E-state index contributed by atoms with van der Waals surface area (Å²) in [5, 5.41) is 15.6. The topological polar surface area (TPSA) is 141 Å². The molecule has 1 amide bonds. The van der Waals surface area contributed by atoms with Gasteiger partial charge in [0.15, 0.2) is 0 Å². The van der Waals surface area contributed by atoms with Crippen molar-refractivity contribution in [1.29, 1.82) is 0 Å². The van der Waals surface area contributed by atoms with Crippen LogP contribution in [0.3, 0.4) is 0 Å². The monoisotopic (exact) mass is 503 g/mol. The van der Waals surface area contributed by atoms with Gasteiger partial charge in [0, 0.05) is 37.8 Å². The molecule has 1 aromatic carbocycles. The first kappa shape index (κ1) is 26.7. The number of methoxy groups -OCH3 is 1. The van der Waals surface area contributed by atoms with Crippen LogP contribution in [0.2, 0.25) is 25.7 Å². The van der Waals surface area contributed by atoms with E-state index < -0.39 is 26.2 Å². The second-order valence-corrected chi connectivity index (χ2v) is 15.7. The summed E-state index contributed by atoms with van der Waals surface area (Å²) in [6.45, 7) is 7.96. The second kappa shape index (κ2) is 11.7. The van der Waals surface area contributed by atoms with Crippen molar-refractivity contribution in [3.05, 3.63) is 30.2 Å². The van der Waals surface area contributed by atoms with Crippen LogP contribution in [0.25, 0.3) is 11.3 Å². The van der Waals surface area contributed by atoms with E-state index in [1.165, 1.54) is 7.11 Å². The largest absolute Gasteiger partial charge is 0.480 e. The molecule has 0 spiro atoms. The number of carboxylic acid groups (broad SMARTS) is 1. The van der Waals surface area contributed by atoms with Crippen molar-refractivity contribution in [2.45, 2.75) is 70.2 Å². The van der Waals surface area contributed by atoms with Crippen molar-refractivity contribution < 1.29 is 24.2 Å². The number of carboxylic acids is 1. The van der Waals surface area contributed by atoms with Crippen LogP contribution in [0.1, 0.15) is 37.5 Å². The molecule has 2 aromatic rings. The van der Waals surface area contributed by atoms with Crippen LogP contribution in [-0.2, 0) is 21.0 Å². The normalized spacial score (nSPS) is 18.4. The maximum atomic E-state index is 11.9. The highest BCUT2D eigenvalue weighted by molar-refractivity contribution is 6.76. The molecule has 1 aliphatic rings. The number of carbonyl (C=O) groups excluding carboxylic acids is 1. The van der Waals surface area contributed by atoms with E-state index in [2.05, 4.69) is 35.0 Å². The Labute approximate surface area is 207 Å². The fourth-order valence-electron chi connectivity index (χ4n) is 3.92. The van der Waals surface area contributed by atoms with Crippen molar-refractivity contribution in [2.24, 2.45) is 5.73 Å². The van der Waals surface area contributed by atoms with E-state index in [9.17, 15) is 14.7 Å². The third-order valence-corrected chi connectivity index (χ3v) is 7.68. The molecule has 0 saturated carbocycles. The Hall–Kier alpha value is -2.89. The van der Waals surface area contributed by atoms with E-state index in [-0.39, 0.29) is 6.04 Å². The van der Waals surface area contributed by atoms with E-state index in [0.29, 0.717) is 55.2 Å². The lowest BCUT2D eigenvalue weighted by Crippen LogP contribution is -2.29. The summed E-state index contributed by atoms with van der Waals surface area (Å²) >= 11 is 0. The van der Waals surface area contributed by atoms with E-state index >= 15 is 0 Å². The standard InChI is InChI=1S/C24H37N5O5Si/c1-33-24(32)26-16-9-10-17-20(13-16)27-19(23(30)31)8-6-5-7-18(25)22-28-21(17)14-29(22)15-34-11-12-35(2,3)4/h9-10,13-14,18-19,27H,5-8,11-12,15,25H2,1-4H3,(H,26,32)(H,30,31)/t18-,19+/m0/s1. The molecule has 35 heavy (non-hydrogen) atoms. The second-order valence-electron chi connectivity index (χ2n) is 10.1. The Kier molecular flexibility index (Phi) is 8.92.